The Hall–Kier alpha value is -2.68. The Labute approximate surface area is 182 Å². The summed E-state index contributed by atoms with van der Waals surface area (Å²) in [6.07, 6.45) is 1.99. The molecule has 31 heavy (non-hydrogen) atoms. The van der Waals surface area contributed by atoms with Gasteiger partial charge in [-0.05, 0) is 31.1 Å². The van der Waals surface area contributed by atoms with Crippen LogP contribution in [-0.2, 0) is 29.0 Å². The number of anilines is 1. The minimum absolute atomic E-state index is 0.0414. The van der Waals surface area contributed by atoms with E-state index in [9.17, 15) is 13.2 Å². The zero-order valence-corrected chi connectivity index (χ0v) is 18.1. The highest BCUT2D eigenvalue weighted by Gasteiger charge is 2.46. The normalized spacial score (nSPS) is 20.3. The van der Waals surface area contributed by atoms with Gasteiger partial charge < -0.3 is 14.2 Å². The molecule has 2 aromatic rings. The van der Waals surface area contributed by atoms with Crippen molar-refractivity contribution in [2.45, 2.75) is 30.8 Å². The second-order valence-corrected chi connectivity index (χ2v) is 9.28. The third-order valence-electron chi connectivity index (χ3n) is 5.40. The van der Waals surface area contributed by atoms with E-state index in [1.165, 1.54) is 6.08 Å². The van der Waals surface area contributed by atoms with E-state index in [2.05, 4.69) is 4.72 Å². The molecule has 1 spiro atoms. The van der Waals surface area contributed by atoms with Crippen LogP contribution in [0, 0.1) is 0 Å². The van der Waals surface area contributed by atoms with Crippen LogP contribution in [0.1, 0.15) is 19.8 Å². The van der Waals surface area contributed by atoms with Gasteiger partial charge in [0.05, 0.1) is 31.1 Å². The lowest BCUT2D eigenvalue weighted by Crippen LogP contribution is -2.42. The second-order valence-electron chi connectivity index (χ2n) is 7.41. The fourth-order valence-corrected chi connectivity index (χ4v) is 5.53. The molecule has 7 nitrogen and oxygen atoms in total. The largest absolute Gasteiger partial charge is 0.463 e. The average molecular weight is 444 g/mol. The smallest absolute Gasteiger partial charge is 0.335 e. The Balaban J connectivity index is 1.68. The van der Waals surface area contributed by atoms with E-state index in [4.69, 9.17) is 14.2 Å². The fourth-order valence-electron chi connectivity index (χ4n) is 3.98. The van der Waals surface area contributed by atoms with E-state index in [0.29, 0.717) is 25.3 Å². The first-order valence-corrected chi connectivity index (χ1v) is 11.8. The topological polar surface area (TPSA) is 90.9 Å². The molecule has 0 amide bonds. The molecule has 1 aliphatic carbocycles. The molecule has 0 saturated carbocycles. The molecule has 4 rings (SSSR count). The highest BCUT2D eigenvalue weighted by Crippen LogP contribution is 2.38. The number of para-hydroxylation sites is 1. The third kappa shape index (κ3) is 4.51. The second kappa shape index (κ2) is 8.82. The molecule has 8 heteroatoms. The molecule has 0 radical (unpaired) electrons. The standard InChI is InChI=1S/C23H25NO6S/c1-2-28-22(25)19-16-23(29-14-15-30-23)13-12-21(19)31(26,27)24-20-11-7-6-10-18(20)17-8-4-3-5-9-17/h3-11,16,21,24H,2,12-15H2,1H3. The van der Waals surface area contributed by atoms with E-state index in [1.54, 1.807) is 19.1 Å². The molecular formula is C23H25NO6S. The lowest BCUT2D eigenvalue weighted by atomic mass is 9.94. The Bertz CT molecular complexity index is 1070. The highest BCUT2D eigenvalue weighted by atomic mass is 32.2. The lowest BCUT2D eigenvalue weighted by molar-refractivity contribution is -0.143. The maximum atomic E-state index is 13.4. The molecule has 1 atom stereocenters. The van der Waals surface area contributed by atoms with Gasteiger partial charge in [-0.25, -0.2) is 13.2 Å². The Kier molecular flexibility index (Phi) is 6.13. The maximum absolute atomic E-state index is 13.4. The number of benzene rings is 2. The number of carbonyl (C=O) groups excluding carboxylic acids is 1. The first-order valence-electron chi connectivity index (χ1n) is 10.3. The van der Waals surface area contributed by atoms with Crippen molar-refractivity contribution in [3.8, 4) is 11.1 Å². The molecule has 2 aromatic carbocycles. The van der Waals surface area contributed by atoms with E-state index >= 15 is 0 Å². The number of ether oxygens (including phenoxy) is 3. The summed E-state index contributed by atoms with van der Waals surface area (Å²) in [6.45, 7) is 2.61. The van der Waals surface area contributed by atoms with Gasteiger partial charge in [0, 0.05) is 12.0 Å². The van der Waals surface area contributed by atoms with Crippen LogP contribution in [0.25, 0.3) is 11.1 Å². The fraction of sp³-hybridized carbons (Fsp3) is 0.348. The van der Waals surface area contributed by atoms with Gasteiger partial charge in [-0.3, -0.25) is 4.72 Å². The summed E-state index contributed by atoms with van der Waals surface area (Å²) in [7, 11) is -3.96. The minimum atomic E-state index is -3.96. The summed E-state index contributed by atoms with van der Waals surface area (Å²) in [5.74, 6) is -1.73. The van der Waals surface area contributed by atoms with Gasteiger partial charge >= 0.3 is 5.97 Å². The summed E-state index contributed by atoms with van der Waals surface area (Å²) in [6, 6.07) is 16.7. The molecule has 1 N–H and O–H groups in total. The number of sulfonamides is 1. The number of carbonyl (C=O) groups is 1. The van der Waals surface area contributed by atoms with E-state index in [0.717, 1.165) is 11.1 Å². The van der Waals surface area contributed by atoms with Crippen molar-refractivity contribution in [3.63, 3.8) is 0 Å². The number of hydrogen-bond donors (Lipinski definition) is 1. The van der Waals surface area contributed by atoms with Crippen molar-refractivity contribution < 1.29 is 27.4 Å². The minimum Gasteiger partial charge on any atom is -0.463 e. The van der Waals surface area contributed by atoms with Crippen LogP contribution < -0.4 is 4.72 Å². The number of esters is 1. The van der Waals surface area contributed by atoms with Gasteiger partial charge in [0.2, 0.25) is 10.0 Å². The SMILES string of the molecule is CCOC(=O)C1=CC2(CCC1S(=O)(=O)Nc1ccccc1-c1ccccc1)OCCO2. The molecule has 1 aliphatic heterocycles. The number of rotatable bonds is 6. The molecule has 1 saturated heterocycles. The van der Waals surface area contributed by atoms with Crippen LogP contribution in [0.3, 0.4) is 0 Å². The van der Waals surface area contributed by atoms with Crippen LogP contribution >= 0.6 is 0 Å². The van der Waals surface area contributed by atoms with Crippen molar-refractivity contribution in [1.82, 2.24) is 0 Å². The van der Waals surface area contributed by atoms with Gasteiger partial charge in [-0.15, -0.1) is 0 Å². The summed E-state index contributed by atoms with van der Waals surface area (Å²) >= 11 is 0. The molecule has 2 aliphatic rings. The van der Waals surface area contributed by atoms with E-state index in [1.807, 2.05) is 42.5 Å². The molecule has 1 heterocycles. The summed E-state index contributed by atoms with van der Waals surface area (Å²) in [4.78, 5) is 12.6. The highest BCUT2D eigenvalue weighted by molar-refractivity contribution is 7.93. The van der Waals surface area contributed by atoms with Crippen LogP contribution in [0.4, 0.5) is 5.69 Å². The monoisotopic (exact) mass is 443 g/mol. The van der Waals surface area contributed by atoms with Crippen molar-refractivity contribution in [2.75, 3.05) is 24.5 Å². The predicted octanol–water partition coefficient (Wildman–Crippen LogP) is 3.49. The molecule has 1 fully saturated rings. The Morgan fingerprint density at radius 1 is 1.10 bits per heavy atom. The lowest BCUT2D eigenvalue weighted by Gasteiger charge is -2.33. The van der Waals surface area contributed by atoms with Gasteiger partial charge in [0.25, 0.3) is 0 Å². The molecule has 0 aromatic heterocycles. The predicted molar refractivity (Wildman–Crippen MR) is 117 cm³/mol. The van der Waals surface area contributed by atoms with Crippen LogP contribution in [-0.4, -0.2) is 45.2 Å². The molecular weight excluding hydrogens is 418 g/mol. The molecule has 1 unspecified atom stereocenters. The van der Waals surface area contributed by atoms with Gasteiger partial charge in [-0.1, -0.05) is 48.5 Å². The molecule has 0 bridgehead atoms. The van der Waals surface area contributed by atoms with Crippen LogP contribution in [0.15, 0.2) is 66.2 Å². The summed E-state index contributed by atoms with van der Waals surface area (Å²) in [5.41, 5.74) is 2.13. The van der Waals surface area contributed by atoms with E-state index in [-0.39, 0.29) is 18.6 Å². The maximum Gasteiger partial charge on any atom is 0.335 e. The van der Waals surface area contributed by atoms with Crippen molar-refractivity contribution >= 4 is 21.7 Å². The van der Waals surface area contributed by atoms with Crippen molar-refractivity contribution in [1.29, 1.82) is 0 Å². The van der Waals surface area contributed by atoms with E-state index < -0.39 is 27.0 Å². The number of nitrogens with one attached hydrogen (secondary N) is 1. The summed E-state index contributed by atoms with van der Waals surface area (Å²) < 4.78 is 46.0. The Morgan fingerprint density at radius 2 is 1.77 bits per heavy atom. The third-order valence-corrected chi connectivity index (χ3v) is 7.15. The first-order chi connectivity index (χ1) is 14.9. The van der Waals surface area contributed by atoms with Gasteiger partial charge in [0.1, 0.15) is 5.25 Å². The van der Waals surface area contributed by atoms with Gasteiger partial charge in [-0.2, -0.15) is 0 Å². The van der Waals surface area contributed by atoms with Crippen molar-refractivity contribution in [2.24, 2.45) is 0 Å². The van der Waals surface area contributed by atoms with Gasteiger partial charge in [0.15, 0.2) is 5.79 Å². The zero-order chi connectivity index (χ0) is 21.9. The number of hydrogen-bond acceptors (Lipinski definition) is 6. The Morgan fingerprint density at radius 3 is 2.48 bits per heavy atom. The van der Waals surface area contributed by atoms with Crippen LogP contribution in [0.5, 0.6) is 0 Å². The van der Waals surface area contributed by atoms with Crippen molar-refractivity contribution in [3.05, 3.63) is 66.2 Å². The molecule has 164 valence electrons. The summed E-state index contributed by atoms with van der Waals surface area (Å²) in [5, 5.41) is -1.08. The first kappa shape index (κ1) is 21.5. The van der Waals surface area contributed by atoms with Crippen LogP contribution in [0.2, 0.25) is 0 Å². The quantitative estimate of drug-likeness (QED) is 0.688. The average Bonchev–Trinajstić information content (AvgIpc) is 3.22. The zero-order valence-electron chi connectivity index (χ0n) is 17.2.